The highest BCUT2D eigenvalue weighted by Crippen LogP contribution is 2.12. The zero-order chi connectivity index (χ0) is 10.8. The second-order valence-electron chi connectivity index (χ2n) is 2.92. The minimum atomic E-state index is -0.638. The summed E-state index contributed by atoms with van der Waals surface area (Å²) in [7, 11) is 0. The van der Waals surface area contributed by atoms with E-state index in [1.165, 1.54) is 16.8 Å². The SMILES string of the molecule is Fc1cc(F)cc(-n2cc(CBr)nn2)c1. The van der Waals surface area contributed by atoms with Crippen molar-refractivity contribution < 1.29 is 8.78 Å². The number of halogens is 3. The molecule has 1 heterocycles. The average Bonchev–Trinajstić information content (AvgIpc) is 2.64. The van der Waals surface area contributed by atoms with Crippen LogP contribution in [0.1, 0.15) is 5.69 Å². The number of hydrogen-bond donors (Lipinski definition) is 0. The van der Waals surface area contributed by atoms with Crippen LogP contribution in [0.5, 0.6) is 0 Å². The predicted octanol–water partition coefficient (Wildman–Crippen LogP) is 2.44. The van der Waals surface area contributed by atoms with Gasteiger partial charge in [0.25, 0.3) is 0 Å². The van der Waals surface area contributed by atoms with Gasteiger partial charge in [0.2, 0.25) is 0 Å². The second-order valence-corrected chi connectivity index (χ2v) is 3.48. The van der Waals surface area contributed by atoms with Crippen LogP contribution in [0.15, 0.2) is 24.4 Å². The highest BCUT2D eigenvalue weighted by Gasteiger charge is 2.05. The summed E-state index contributed by atoms with van der Waals surface area (Å²) in [5.74, 6) is -1.28. The summed E-state index contributed by atoms with van der Waals surface area (Å²) in [5, 5.41) is 8.08. The molecular weight excluding hydrogens is 268 g/mol. The maximum atomic E-state index is 12.9. The summed E-state index contributed by atoms with van der Waals surface area (Å²) < 4.78 is 27.1. The third kappa shape index (κ3) is 2.20. The molecule has 0 saturated heterocycles. The van der Waals surface area contributed by atoms with Crippen molar-refractivity contribution in [3.63, 3.8) is 0 Å². The fraction of sp³-hybridized carbons (Fsp3) is 0.111. The Morgan fingerprint density at radius 1 is 1.20 bits per heavy atom. The first-order valence-corrected chi connectivity index (χ1v) is 5.25. The molecule has 0 aliphatic carbocycles. The lowest BCUT2D eigenvalue weighted by molar-refractivity contribution is 0.579. The summed E-state index contributed by atoms with van der Waals surface area (Å²) in [6, 6.07) is 3.19. The maximum Gasteiger partial charge on any atom is 0.128 e. The maximum absolute atomic E-state index is 12.9. The third-order valence-corrected chi connectivity index (χ3v) is 2.36. The van der Waals surface area contributed by atoms with Crippen molar-refractivity contribution in [2.45, 2.75) is 5.33 Å². The van der Waals surface area contributed by atoms with Gasteiger partial charge < -0.3 is 0 Å². The lowest BCUT2D eigenvalue weighted by Crippen LogP contribution is -1.96. The first kappa shape index (κ1) is 10.2. The van der Waals surface area contributed by atoms with Crippen LogP contribution in [0.25, 0.3) is 5.69 Å². The quantitative estimate of drug-likeness (QED) is 0.787. The van der Waals surface area contributed by atoms with Gasteiger partial charge in [-0.05, 0) is 12.1 Å². The number of nitrogens with zero attached hydrogens (tertiary/aromatic N) is 3. The largest absolute Gasteiger partial charge is 0.220 e. The monoisotopic (exact) mass is 273 g/mol. The van der Waals surface area contributed by atoms with Crippen LogP contribution < -0.4 is 0 Å². The molecule has 0 fully saturated rings. The molecule has 2 rings (SSSR count). The Morgan fingerprint density at radius 2 is 1.87 bits per heavy atom. The molecule has 0 atom stereocenters. The molecule has 6 heteroatoms. The Balaban J connectivity index is 2.44. The highest BCUT2D eigenvalue weighted by atomic mass is 79.9. The van der Waals surface area contributed by atoms with E-state index in [9.17, 15) is 8.78 Å². The van der Waals surface area contributed by atoms with Crippen molar-refractivity contribution in [2.24, 2.45) is 0 Å². The molecule has 0 saturated carbocycles. The summed E-state index contributed by atoms with van der Waals surface area (Å²) >= 11 is 3.21. The van der Waals surface area contributed by atoms with Gasteiger partial charge in [-0.1, -0.05) is 21.1 Å². The van der Waals surface area contributed by atoms with Gasteiger partial charge in [0.15, 0.2) is 0 Å². The molecule has 0 bridgehead atoms. The van der Waals surface area contributed by atoms with Crippen LogP contribution in [0, 0.1) is 11.6 Å². The zero-order valence-corrected chi connectivity index (χ0v) is 9.08. The van der Waals surface area contributed by atoms with Gasteiger partial charge in [0.1, 0.15) is 11.6 Å². The van der Waals surface area contributed by atoms with E-state index in [0.717, 1.165) is 6.07 Å². The van der Waals surface area contributed by atoms with Crippen LogP contribution in [-0.4, -0.2) is 15.0 Å². The highest BCUT2D eigenvalue weighted by molar-refractivity contribution is 9.08. The lowest BCUT2D eigenvalue weighted by Gasteiger charge is -1.99. The van der Waals surface area contributed by atoms with E-state index in [2.05, 4.69) is 26.2 Å². The molecule has 3 nitrogen and oxygen atoms in total. The van der Waals surface area contributed by atoms with E-state index >= 15 is 0 Å². The van der Waals surface area contributed by atoms with E-state index in [4.69, 9.17) is 0 Å². The van der Waals surface area contributed by atoms with Gasteiger partial charge in [-0.15, -0.1) is 5.10 Å². The van der Waals surface area contributed by atoms with Crippen LogP contribution in [0.2, 0.25) is 0 Å². The van der Waals surface area contributed by atoms with Gasteiger partial charge in [-0.3, -0.25) is 0 Å². The topological polar surface area (TPSA) is 30.7 Å². The molecule has 15 heavy (non-hydrogen) atoms. The van der Waals surface area contributed by atoms with Gasteiger partial charge >= 0.3 is 0 Å². The first-order valence-electron chi connectivity index (χ1n) is 4.12. The van der Waals surface area contributed by atoms with Gasteiger partial charge in [-0.25, -0.2) is 13.5 Å². The Hall–Kier alpha value is -1.30. The van der Waals surface area contributed by atoms with E-state index in [1.807, 2.05) is 0 Å². The standard InChI is InChI=1S/C9H6BrF2N3/c10-4-8-5-15(14-13-8)9-2-6(11)1-7(12)3-9/h1-3,5H,4H2. The molecule has 0 radical (unpaired) electrons. The smallest absolute Gasteiger partial charge is 0.128 e. The molecule has 0 aliphatic heterocycles. The molecule has 2 aromatic rings. The second kappa shape index (κ2) is 4.06. The molecule has 1 aromatic carbocycles. The first-order chi connectivity index (χ1) is 7.19. The van der Waals surface area contributed by atoms with Crippen LogP contribution in [0.3, 0.4) is 0 Å². The van der Waals surface area contributed by atoms with Crippen LogP contribution in [-0.2, 0) is 5.33 Å². The number of benzene rings is 1. The third-order valence-electron chi connectivity index (χ3n) is 1.79. The molecule has 1 aromatic heterocycles. The Morgan fingerprint density at radius 3 is 2.40 bits per heavy atom. The van der Waals surface area contributed by atoms with Crippen molar-refractivity contribution in [3.05, 3.63) is 41.7 Å². The lowest BCUT2D eigenvalue weighted by atomic mass is 10.3. The Labute approximate surface area is 92.8 Å². The van der Waals surface area contributed by atoms with Crippen LogP contribution >= 0.6 is 15.9 Å². The Kier molecular flexibility index (Phi) is 2.77. The van der Waals surface area contributed by atoms with Gasteiger partial charge in [0.05, 0.1) is 17.6 Å². The minimum absolute atomic E-state index is 0.312. The minimum Gasteiger partial charge on any atom is -0.220 e. The van der Waals surface area contributed by atoms with E-state index < -0.39 is 11.6 Å². The Bertz CT molecular complexity index is 464. The molecule has 0 aliphatic rings. The molecular formula is C9H6BrF2N3. The van der Waals surface area contributed by atoms with Gasteiger partial charge in [-0.2, -0.15) is 0 Å². The normalized spacial score (nSPS) is 10.6. The van der Waals surface area contributed by atoms with Crippen LogP contribution in [0.4, 0.5) is 8.78 Å². The van der Waals surface area contributed by atoms with Gasteiger partial charge in [0, 0.05) is 11.4 Å². The van der Waals surface area contributed by atoms with Crippen molar-refractivity contribution in [3.8, 4) is 5.69 Å². The number of aromatic nitrogens is 3. The summed E-state index contributed by atoms with van der Waals surface area (Å²) in [5.41, 5.74) is 1.01. The van der Waals surface area contributed by atoms with E-state index in [-0.39, 0.29) is 0 Å². The molecule has 0 N–H and O–H groups in total. The number of rotatable bonds is 2. The average molecular weight is 274 g/mol. The summed E-state index contributed by atoms with van der Waals surface area (Å²) in [6.07, 6.45) is 1.60. The predicted molar refractivity (Wildman–Crippen MR) is 53.9 cm³/mol. The van der Waals surface area contributed by atoms with Crippen molar-refractivity contribution in [2.75, 3.05) is 0 Å². The molecule has 78 valence electrons. The number of alkyl halides is 1. The molecule has 0 amide bonds. The van der Waals surface area contributed by atoms with E-state index in [1.54, 1.807) is 6.20 Å². The molecule has 0 spiro atoms. The van der Waals surface area contributed by atoms with Crippen molar-refractivity contribution in [1.29, 1.82) is 0 Å². The fourth-order valence-electron chi connectivity index (χ4n) is 1.16. The van der Waals surface area contributed by atoms with E-state index in [0.29, 0.717) is 16.7 Å². The van der Waals surface area contributed by atoms with Crippen molar-refractivity contribution >= 4 is 15.9 Å². The summed E-state index contributed by atoms with van der Waals surface area (Å²) in [6.45, 7) is 0. The fourth-order valence-corrected chi connectivity index (χ4v) is 1.41. The molecule has 0 unspecified atom stereocenters. The summed E-state index contributed by atoms with van der Waals surface area (Å²) in [4.78, 5) is 0. The zero-order valence-electron chi connectivity index (χ0n) is 7.49. The van der Waals surface area contributed by atoms with Crippen molar-refractivity contribution in [1.82, 2.24) is 15.0 Å². The number of hydrogen-bond acceptors (Lipinski definition) is 2.